The minimum Gasteiger partial charge on any atom is -0.465 e. The molecule has 1 saturated carbocycles. The van der Waals surface area contributed by atoms with Crippen molar-refractivity contribution in [2.24, 2.45) is 0 Å². The molecule has 0 heterocycles. The number of nitrogen functional groups attached to an aromatic ring is 1. The van der Waals surface area contributed by atoms with E-state index in [1.807, 2.05) is 0 Å². The van der Waals surface area contributed by atoms with Crippen molar-refractivity contribution in [1.82, 2.24) is 5.32 Å². The van der Waals surface area contributed by atoms with Gasteiger partial charge in [-0.15, -0.1) is 0 Å². The Kier molecular flexibility index (Phi) is 4.98. The van der Waals surface area contributed by atoms with Gasteiger partial charge in [0.2, 0.25) is 0 Å². The van der Waals surface area contributed by atoms with Crippen LogP contribution < -0.4 is 11.1 Å². The molecule has 4 N–H and O–H groups in total. The van der Waals surface area contributed by atoms with Crippen molar-refractivity contribution in [3.05, 3.63) is 29.3 Å². The highest BCUT2D eigenvalue weighted by Crippen LogP contribution is 2.20. The SMILES string of the molecule is COC(=O)c1ccc(N)c(CN[C@H]2CC[C@H](O)CC2)c1. The third-order valence-corrected chi connectivity index (χ3v) is 3.84. The molecule has 0 aromatic heterocycles. The lowest BCUT2D eigenvalue weighted by Gasteiger charge is -2.26. The molecule has 0 saturated heterocycles. The van der Waals surface area contributed by atoms with Gasteiger partial charge in [0.05, 0.1) is 18.8 Å². The zero-order chi connectivity index (χ0) is 14.5. The second-order valence-corrected chi connectivity index (χ2v) is 5.29. The molecule has 5 heteroatoms. The van der Waals surface area contributed by atoms with Crippen LogP contribution in [0.2, 0.25) is 0 Å². The fraction of sp³-hybridized carbons (Fsp3) is 0.533. The van der Waals surface area contributed by atoms with Crippen LogP contribution in [-0.2, 0) is 11.3 Å². The lowest BCUT2D eigenvalue weighted by Crippen LogP contribution is -2.34. The van der Waals surface area contributed by atoms with Crippen LogP contribution in [0.15, 0.2) is 18.2 Å². The molecule has 0 atom stereocenters. The number of methoxy groups -OCH3 is 1. The van der Waals surface area contributed by atoms with Crippen molar-refractivity contribution in [3.63, 3.8) is 0 Å². The molecule has 0 aliphatic heterocycles. The molecule has 110 valence electrons. The van der Waals surface area contributed by atoms with E-state index in [0.717, 1.165) is 31.2 Å². The summed E-state index contributed by atoms with van der Waals surface area (Å²) >= 11 is 0. The van der Waals surface area contributed by atoms with Crippen LogP contribution >= 0.6 is 0 Å². The predicted octanol–water partition coefficient (Wildman–Crippen LogP) is 1.45. The van der Waals surface area contributed by atoms with Crippen molar-refractivity contribution in [1.29, 1.82) is 0 Å². The molecule has 1 fully saturated rings. The number of nitrogens with two attached hydrogens (primary N) is 1. The van der Waals surface area contributed by atoms with E-state index in [1.54, 1.807) is 18.2 Å². The van der Waals surface area contributed by atoms with Crippen molar-refractivity contribution in [2.45, 2.75) is 44.4 Å². The standard InChI is InChI=1S/C15H22N2O3/c1-20-15(19)10-2-7-14(16)11(8-10)9-17-12-3-5-13(18)6-4-12/h2,7-8,12-13,17-18H,3-6,9,16H2,1H3/t12-,13-. The molecule has 0 radical (unpaired) electrons. The van der Waals surface area contributed by atoms with Gasteiger partial charge in [0, 0.05) is 18.3 Å². The number of carbonyl (C=O) groups is 1. The van der Waals surface area contributed by atoms with Gasteiger partial charge < -0.3 is 20.9 Å². The van der Waals surface area contributed by atoms with Crippen molar-refractivity contribution < 1.29 is 14.6 Å². The molecule has 0 amide bonds. The van der Waals surface area contributed by atoms with Gasteiger partial charge in [-0.2, -0.15) is 0 Å². The van der Waals surface area contributed by atoms with Crippen molar-refractivity contribution >= 4 is 11.7 Å². The molecule has 20 heavy (non-hydrogen) atoms. The number of benzene rings is 1. The topological polar surface area (TPSA) is 84.6 Å². The quantitative estimate of drug-likeness (QED) is 0.573. The van der Waals surface area contributed by atoms with Gasteiger partial charge in [0.15, 0.2) is 0 Å². The Bertz CT molecular complexity index is 468. The van der Waals surface area contributed by atoms with E-state index in [2.05, 4.69) is 5.32 Å². The van der Waals surface area contributed by atoms with Gasteiger partial charge >= 0.3 is 5.97 Å². The summed E-state index contributed by atoms with van der Waals surface area (Å²) in [6.07, 6.45) is 3.47. The van der Waals surface area contributed by atoms with Crippen LogP contribution in [0.4, 0.5) is 5.69 Å². The number of esters is 1. The smallest absolute Gasteiger partial charge is 0.337 e. The van der Waals surface area contributed by atoms with Crippen LogP contribution in [0, 0.1) is 0 Å². The van der Waals surface area contributed by atoms with Crippen molar-refractivity contribution in [2.75, 3.05) is 12.8 Å². The zero-order valence-electron chi connectivity index (χ0n) is 11.8. The van der Waals surface area contributed by atoms with Gasteiger partial charge in [-0.25, -0.2) is 4.79 Å². The molecule has 1 aliphatic carbocycles. The Hall–Kier alpha value is -1.59. The molecular weight excluding hydrogens is 256 g/mol. The summed E-state index contributed by atoms with van der Waals surface area (Å²) in [5, 5.41) is 12.9. The molecule has 1 aromatic carbocycles. The molecule has 0 unspecified atom stereocenters. The third-order valence-electron chi connectivity index (χ3n) is 3.84. The number of hydrogen-bond donors (Lipinski definition) is 3. The van der Waals surface area contributed by atoms with Crippen LogP contribution in [0.25, 0.3) is 0 Å². The fourth-order valence-corrected chi connectivity index (χ4v) is 2.54. The molecule has 1 aromatic rings. The van der Waals surface area contributed by atoms with Gasteiger partial charge in [-0.3, -0.25) is 0 Å². The first-order valence-corrected chi connectivity index (χ1v) is 6.98. The average molecular weight is 278 g/mol. The summed E-state index contributed by atoms with van der Waals surface area (Å²) in [6, 6.07) is 5.57. The van der Waals surface area contributed by atoms with E-state index in [4.69, 9.17) is 10.5 Å². The summed E-state index contributed by atoms with van der Waals surface area (Å²) in [5.74, 6) is -0.355. The number of aliphatic hydroxyl groups is 1. The molecule has 0 spiro atoms. The first-order valence-electron chi connectivity index (χ1n) is 6.98. The second-order valence-electron chi connectivity index (χ2n) is 5.29. The van der Waals surface area contributed by atoms with Gasteiger partial charge in [-0.1, -0.05) is 0 Å². The summed E-state index contributed by atoms with van der Waals surface area (Å²) in [5.41, 5.74) is 8.02. The Balaban J connectivity index is 1.96. The maximum Gasteiger partial charge on any atom is 0.337 e. The van der Waals surface area contributed by atoms with E-state index in [1.165, 1.54) is 7.11 Å². The maximum absolute atomic E-state index is 11.5. The van der Waals surface area contributed by atoms with Gasteiger partial charge in [-0.05, 0) is 49.4 Å². The summed E-state index contributed by atoms with van der Waals surface area (Å²) < 4.78 is 4.71. The molecular formula is C15H22N2O3. The number of nitrogens with one attached hydrogen (secondary N) is 1. The van der Waals surface area contributed by atoms with E-state index in [0.29, 0.717) is 23.8 Å². The van der Waals surface area contributed by atoms with Crippen LogP contribution in [-0.4, -0.2) is 30.3 Å². The van der Waals surface area contributed by atoms with E-state index < -0.39 is 0 Å². The Morgan fingerprint density at radius 3 is 2.75 bits per heavy atom. The largest absolute Gasteiger partial charge is 0.465 e. The zero-order valence-corrected chi connectivity index (χ0v) is 11.8. The number of hydrogen-bond acceptors (Lipinski definition) is 5. The van der Waals surface area contributed by atoms with Crippen LogP contribution in [0.5, 0.6) is 0 Å². The van der Waals surface area contributed by atoms with Crippen LogP contribution in [0.1, 0.15) is 41.6 Å². The van der Waals surface area contributed by atoms with E-state index in [9.17, 15) is 9.90 Å². The first kappa shape index (κ1) is 14.8. The summed E-state index contributed by atoms with van der Waals surface area (Å²) in [7, 11) is 1.37. The Morgan fingerprint density at radius 1 is 1.40 bits per heavy atom. The lowest BCUT2D eigenvalue weighted by molar-refractivity contribution is 0.0600. The first-order chi connectivity index (χ1) is 9.60. The molecule has 2 rings (SSSR count). The number of rotatable bonds is 4. The number of aliphatic hydroxyl groups excluding tert-OH is 1. The fourth-order valence-electron chi connectivity index (χ4n) is 2.54. The Morgan fingerprint density at radius 2 is 2.10 bits per heavy atom. The number of carbonyl (C=O) groups excluding carboxylic acids is 1. The van der Waals surface area contributed by atoms with E-state index in [-0.39, 0.29) is 12.1 Å². The van der Waals surface area contributed by atoms with Crippen molar-refractivity contribution in [3.8, 4) is 0 Å². The highest BCUT2D eigenvalue weighted by Gasteiger charge is 2.19. The Labute approximate surface area is 119 Å². The van der Waals surface area contributed by atoms with E-state index >= 15 is 0 Å². The highest BCUT2D eigenvalue weighted by atomic mass is 16.5. The maximum atomic E-state index is 11.5. The predicted molar refractivity (Wildman–Crippen MR) is 77.3 cm³/mol. The monoisotopic (exact) mass is 278 g/mol. The minimum absolute atomic E-state index is 0.152. The highest BCUT2D eigenvalue weighted by molar-refractivity contribution is 5.90. The summed E-state index contributed by atoms with van der Waals surface area (Å²) in [6.45, 7) is 0.622. The third kappa shape index (κ3) is 3.71. The molecule has 1 aliphatic rings. The normalized spacial score (nSPS) is 22.5. The number of anilines is 1. The summed E-state index contributed by atoms with van der Waals surface area (Å²) in [4.78, 5) is 11.5. The van der Waals surface area contributed by atoms with Crippen LogP contribution in [0.3, 0.4) is 0 Å². The molecule has 5 nitrogen and oxygen atoms in total. The second kappa shape index (κ2) is 6.72. The average Bonchev–Trinajstić information content (AvgIpc) is 2.47. The molecule has 0 bridgehead atoms. The minimum atomic E-state index is -0.355. The number of ether oxygens (including phenoxy) is 1. The lowest BCUT2D eigenvalue weighted by atomic mass is 9.93. The van der Waals surface area contributed by atoms with Gasteiger partial charge in [0.25, 0.3) is 0 Å². The van der Waals surface area contributed by atoms with Gasteiger partial charge in [0.1, 0.15) is 0 Å².